The fourth-order valence-electron chi connectivity index (χ4n) is 1.22. The standard InChI is InChI=1S/C8H14N2O3S/c9-6(8(12)13)5-7(11)10-1-3-14-4-2-10/h6H,1-5,9H2,(H,12,13)/t6-/m0/s1. The largest absolute Gasteiger partial charge is 0.480 e. The number of carboxylic acid groups (broad SMARTS) is 1. The third kappa shape index (κ3) is 3.19. The molecule has 0 aromatic rings. The zero-order valence-corrected chi connectivity index (χ0v) is 8.63. The molecule has 80 valence electrons. The van der Waals surface area contributed by atoms with E-state index in [2.05, 4.69) is 0 Å². The van der Waals surface area contributed by atoms with Crippen molar-refractivity contribution < 1.29 is 14.7 Å². The SMILES string of the molecule is N[C@@H](CC(=O)N1CCSCC1)C(=O)O. The molecule has 0 aromatic heterocycles. The van der Waals surface area contributed by atoms with E-state index in [4.69, 9.17) is 10.8 Å². The molecule has 6 heteroatoms. The first kappa shape index (κ1) is 11.3. The van der Waals surface area contributed by atoms with Gasteiger partial charge in [-0.2, -0.15) is 11.8 Å². The molecule has 1 aliphatic rings. The van der Waals surface area contributed by atoms with Crippen LogP contribution in [0, 0.1) is 0 Å². The summed E-state index contributed by atoms with van der Waals surface area (Å²) in [5.74, 6) is 0.576. The minimum atomic E-state index is -1.12. The van der Waals surface area contributed by atoms with Crippen LogP contribution < -0.4 is 5.73 Å². The van der Waals surface area contributed by atoms with E-state index < -0.39 is 12.0 Å². The number of nitrogens with zero attached hydrogens (tertiary/aromatic N) is 1. The molecule has 5 nitrogen and oxygen atoms in total. The zero-order valence-electron chi connectivity index (χ0n) is 7.81. The van der Waals surface area contributed by atoms with E-state index >= 15 is 0 Å². The predicted molar refractivity (Wildman–Crippen MR) is 54.1 cm³/mol. The Labute approximate surface area is 86.6 Å². The summed E-state index contributed by atoms with van der Waals surface area (Å²) in [5.41, 5.74) is 5.27. The molecule has 14 heavy (non-hydrogen) atoms. The number of aliphatic carboxylic acids is 1. The Balaban J connectivity index is 2.36. The van der Waals surface area contributed by atoms with Gasteiger partial charge in [0.25, 0.3) is 0 Å². The summed E-state index contributed by atoms with van der Waals surface area (Å²) in [6.45, 7) is 1.41. The second kappa shape index (κ2) is 5.21. The molecular formula is C8H14N2O3S. The molecule has 0 bridgehead atoms. The monoisotopic (exact) mass is 218 g/mol. The van der Waals surface area contributed by atoms with Gasteiger partial charge < -0.3 is 15.7 Å². The maximum atomic E-state index is 11.5. The molecule has 3 N–H and O–H groups in total. The molecule has 0 saturated carbocycles. The first-order valence-electron chi connectivity index (χ1n) is 4.45. The molecule has 1 rings (SSSR count). The molecule has 0 radical (unpaired) electrons. The molecule has 0 aliphatic carbocycles. The van der Waals surface area contributed by atoms with Crippen molar-refractivity contribution in [3.8, 4) is 0 Å². The molecule has 0 unspecified atom stereocenters. The van der Waals surface area contributed by atoms with E-state index in [0.717, 1.165) is 11.5 Å². The summed E-state index contributed by atoms with van der Waals surface area (Å²) in [4.78, 5) is 23.6. The van der Waals surface area contributed by atoms with Crippen molar-refractivity contribution in [3.05, 3.63) is 0 Å². The number of hydrogen-bond acceptors (Lipinski definition) is 4. The van der Waals surface area contributed by atoms with Crippen LogP contribution in [-0.4, -0.2) is 52.5 Å². The molecule has 1 heterocycles. The van der Waals surface area contributed by atoms with Gasteiger partial charge >= 0.3 is 5.97 Å². The van der Waals surface area contributed by atoms with Crippen molar-refractivity contribution in [1.29, 1.82) is 0 Å². The Morgan fingerprint density at radius 1 is 1.43 bits per heavy atom. The molecule has 0 aromatic carbocycles. The van der Waals surface area contributed by atoms with Crippen LogP contribution in [0.3, 0.4) is 0 Å². The lowest BCUT2D eigenvalue weighted by Gasteiger charge is -2.26. The van der Waals surface area contributed by atoms with Gasteiger partial charge in [-0.25, -0.2) is 0 Å². The lowest BCUT2D eigenvalue weighted by molar-refractivity contribution is -0.142. The number of amides is 1. The summed E-state index contributed by atoms with van der Waals surface area (Å²) < 4.78 is 0. The minimum Gasteiger partial charge on any atom is -0.480 e. The van der Waals surface area contributed by atoms with Gasteiger partial charge in [0, 0.05) is 24.6 Å². The number of carboxylic acids is 1. The Hall–Kier alpha value is -0.750. The molecular weight excluding hydrogens is 204 g/mol. The van der Waals surface area contributed by atoms with Crippen molar-refractivity contribution in [1.82, 2.24) is 4.90 Å². The van der Waals surface area contributed by atoms with E-state index in [1.165, 1.54) is 0 Å². The smallest absolute Gasteiger partial charge is 0.321 e. The highest BCUT2D eigenvalue weighted by molar-refractivity contribution is 7.99. The zero-order chi connectivity index (χ0) is 10.6. The van der Waals surface area contributed by atoms with Crippen LogP contribution in [0.2, 0.25) is 0 Å². The molecule has 1 aliphatic heterocycles. The van der Waals surface area contributed by atoms with E-state index in [0.29, 0.717) is 13.1 Å². The van der Waals surface area contributed by atoms with Crippen LogP contribution in [0.1, 0.15) is 6.42 Å². The van der Waals surface area contributed by atoms with Crippen molar-refractivity contribution in [2.24, 2.45) is 5.73 Å². The van der Waals surface area contributed by atoms with E-state index in [9.17, 15) is 9.59 Å². The van der Waals surface area contributed by atoms with Crippen LogP contribution in [0.5, 0.6) is 0 Å². The average Bonchev–Trinajstić information content (AvgIpc) is 2.19. The summed E-state index contributed by atoms with van der Waals surface area (Å²) >= 11 is 1.80. The average molecular weight is 218 g/mol. The Kier molecular flexibility index (Phi) is 4.21. The number of hydrogen-bond donors (Lipinski definition) is 2. The summed E-state index contributed by atoms with van der Waals surface area (Å²) in [6.07, 6.45) is -0.0972. The highest BCUT2D eigenvalue weighted by Gasteiger charge is 2.22. The number of rotatable bonds is 3. The van der Waals surface area contributed by atoms with Gasteiger partial charge in [-0.1, -0.05) is 0 Å². The predicted octanol–water partition coefficient (Wildman–Crippen LogP) is -0.636. The van der Waals surface area contributed by atoms with Gasteiger partial charge in [0.2, 0.25) is 5.91 Å². The molecule has 0 spiro atoms. The van der Waals surface area contributed by atoms with Crippen LogP contribution in [0.4, 0.5) is 0 Å². The first-order chi connectivity index (χ1) is 6.61. The van der Waals surface area contributed by atoms with Gasteiger partial charge in [0.15, 0.2) is 0 Å². The molecule has 1 amide bonds. The number of thioether (sulfide) groups is 1. The van der Waals surface area contributed by atoms with Gasteiger partial charge in [-0.3, -0.25) is 9.59 Å². The lowest BCUT2D eigenvalue weighted by Crippen LogP contribution is -2.42. The topological polar surface area (TPSA) is 83.6 Å². The number of carbonyl (C=O) groups excluding carboxylic acids is 1. The van der Waals surface area contributed by atoms with Crippen LogP contribution in [-0.2, 0) is 9.59 Å². The highest BCUT2D eigenvalue weighted by Crippen LogP contribution is 2.10. The minimum absolute atomic E-state index is 0.0972. The Bertz CT molecular complexity index is 229. The maximum Gasteiger partial charge on any atom is 0.321 e. The second-order valence-electron chi connectivity index (χ2n) is 3.14. The lowest BCUT2D eigenvalue weighted by atomic mass is 10.2. The Morgan fingerprint density at radius 3 is 2.50 bits per heavy atom. The van der Waals surface area contributed by atoms with Crippen LogP contribution in [0.25, 0.3) is 0 Å². The van der Waals surface area contributed by atoms with Crippen molar-refractivity contribution >= 4 is 23.6 Å². The second-order valence-corrected chi connectivity index (χ2v) is 4.37. The third-order valence-electron chi connectivity index (χ3n) is 2.08. The van der Waals surface area contributed by atoms with Gasteiger partial charge in [0.05, 0.1) is 6.42 Å². The van der Waals surface area contributed by atoms with Gasteiger partial charge in [-0.15, -0.1) is 0 Å². The van der Waals surface area contributed by atoms with Gasteiger partial charge in [0.1, 0.15) is 6.04 Å². The van der Waals surface area contributed by atoms with Gasteiger partial charge in [-0.05, 0) is 0 Å². The summed E-state index contributed by atoms with van der Waals surface area (Å²) in [7, 11) is 0. The number of nitrogens with two attached hydrogens (primary N) is 1. The quantitative estimate of drug-likeness (QED) is 0.658. The molecule has 1 fully saturated rings. The Morgan fingerprint density at radius 2 is 2.00 bits per heavy atom. The van der Waals surface area contributed by atoms with E-state index in [1.807, 2.05) is 0 Å². The van der Waals surface area contributed by atoms with Crippen LogP contribution in [0.15, 0.2) is 0 Å². The van der Waals surface area contributed by atoms with Crippen molar-refractivity contribution in [3.63, 3.8) is 0 Å². The fraction of sp³-hybridized carbons (Fsp3) is 0.750. The van der Waals surface area contributed by atoms with Crippen LogP contribution >= 0.6 is 11.8 Å². The molecule has 1 saturated heterocycles. The third-order valence-corrected chi connectivity index (χ3v) is 3.02. The fourth-order valence-corrected chi connectivity index (χ4v) is 2.12. The van der Waals surface area contributed by atoms with E-state index in [-0.39, 0.29) is 12.3 Å². The number of carbonyl (C=O) groups is 2. The molecule has 1 atom stereocenters. The first-order valence-corrected chi connectivity index (χ1v) is 5.60. The van der Waals surface area contributed by atoms with Crippen molar-refractivity contribution in [2.75, 3.05) is 24.6 Å². The maximum absolute atomic E-state index is 11.5. The summed E-state index contributed by atoms with van der Waals surface area (Å²) in [6, 6.07) is -1.07. The normalized spacial score (nSPS) is 19.1. The van der Waals surface area contributed by atoms with E-state index in [1.54, 1.807) is 16.7 Å². The summed E-state index contributed by atoms with van der Waals surface area (Å²) in [5, 5.41) is 8.53. The highest BCUT2D eigenvalue weighted by atomic mass is 32.2. The van der Waals surface area contributed by atoms with Crippen molar-refractivity contribution in [2.45, 2.75) is 12.5 Å².